The Morgan fingerprint density at radius 3 is 2.40 bits per heavy atom. The number of hydrogen-bond acceptors (Lipinski definition) is 2. The molecule has 1 aromatic heterocycles. The average Bonchev–Trinajstić information content (AvgIpc) is 2.82. The molecule has 1 heterocycles. The summed E-state index contributed by atoms with van der Waals surface area (Å²) in [5.41, 5.74) is 14.9. The molecule has 78 valence electrons. The summed E-state index contributed by atoms with van der Waals surface area (Å²) in [6.07, 6.45) is 1.88. The zero-order valence-electron chi connectivity index (χ0n) is 8.48. The number of H-pyrrole nitrogens is 1. The quantitative estimate of drug-likeness (QED) is 0.704. The van der Waals surface area contributed by atoms with Crippen LogP contribution >= 0.6 is 0 Å². The summed E-state index contributed by atoms with van der Waals surface area (Å²) < 4.78 is 0. The third-order valence-corrected chi connectivity index (χ3v) is 2.53. The van der Waals surface area contributed by atoms with Crippen molar-refractivity contribution in [3.05, 3.63) is 59.4 Å². The van der Waals surface area contributed by atoms with Gasteiger partial charge in [0.05, 0.1) is 6.04 Å². The van der Waals surface area contributed by atoms with Gasteiger partial charge in [-0.25, -0.2) is 0 Å². The van der Waals surface area contributed by atoms with E-state index in [1.165, 1.54) is 0 Å². The summed E-state index contributed by atoms with van der Waals surface area (Å²) in [6.45, 7) is 0.567. The van der Waals surface area contributed by atoms with Gasteiger partial charge in [-0.2, -0.15) is 0 Å². The summed E-state index contributed by atoms with van der Waals surface area (Å²) in [5, 5.41) is 0. The second-order valence-electron chi connectivity index (χ2n) is 3.55. The summed E-state index contributed by atoms with van der Waals surface area (Å²) in [4.78, 5) is 3.11. The number of nitrogens with two attached hydrogens (primary N) is 2. The van der Waals surface area contributed by atoms with Gasteiger partial charge in [0.15, 0.2) is 0 Å². The Bertz CT molecular complexity index is 403. The molecule has 3 heteroatoms. The Kier molecular flexibility index (Phi) is 2.85. The number of benzene rings is 1. The van der Waals surface area contributed by atoms with Crippen LogP contribution in [0.25, 0.3) is 0 Å². The van der Waals surface area contributed by atoms with Gasteiger partial charge in [0.1, 0.15) is 0 Å². The van der Waals surface area contributed by atoms with Crippen LogP contribution in [0.1, 0.15) is 22.9 Å². The van der Waals surface area contributed by atoms with Crippen LogP contribution in [0.2, 0.25) is 0 Å². The maximum atomic E-state index is 6.09. The summed E-state index contributed by atoms with van der Waals surface area (Å²) >= 11 is 0. The minimum atomic E-state index is -0.0909. The van der Waals surface area contributed by atoms with E-state index in [2.05, 4.69) is 4.98 Å². The van der Waals surface area contributed by atoms with Crippen molar-refractivity contribution in [2.75, 3.05) is 0 Å². The van der Waals surface area contributed by atoms with Crippen molar-refractivity contribution in [1.29, 1.82) is 0 Å². The number of nitrogens with one attached hydrogen (secondary N) is 1. The topological polar surface area (TPSA) is 67.8 Å². The van der Waals surface area contributed by atoms with Gasteiger partial charge in [0.25, 0.3) is 0 Å². The van der Waals surface area contributed by atoms with Gasteiger partial charge in [0.2, 0.25) is 0 Å². The van der Waals surface area contributed by atoms with Crippen molar-refractivity contribution in [3.8, 4) is 0 Å². The van der Waals surface area contributed by atoms with Crippen LogP contribution in [0, 0.1) is 0 Å². The Morgan fingerprint density at radius 1 is 1.13 bits per heavy atom. The van der Waals surface area contributed by atoms with Gasteiger partial charge in [0, 0.05) is 18.4 Å². The lowest BCUT2D eigenvalue weighted by Gasteiger charge is -2.10. The van der Waals surface area contributed by atoms with Crippen molar-refractivity contribution >= 4 is 0 Å². The van der Waals surface area contributed by atoms with Crippen molar-refractivity contribution in [3.63, 3.8) is 0 Å². The van der Waals surface area contributed by atoms with E-state index in [9.17, 15) is 0 Å². The van der Waals surface area contributed by atoms with E-state index < -0.39 is 0 Å². The maximum Gasteiger partial charge on any atom is 0.0704 e. The lowest BCUT2D eigenvalue weighted by molar-refractivity contribution is 0.837. The Balaban J connectivity index is 2.22. The van der Waals surface area contributed by atoms with Gasteiger partial charge in [-0.05, 0) is 23.3 Å². The van der Waals surface area contributed by atoms with Crippen molar-refractivity contribution < 1.29 is 0 Å². The van der Waals surface area contributed by atoms with E-state index in [1.807, 2.05) is 42.6 Å². The molecule has 0 radical (unpaired) electrons. The van der Waals surface area contributed by atoms with Crippen molar-refractivity contribution in [2.45, 2.75) is 12.6 Å². The molecule has 1 unspecified atom stereocenters. The third-order valence-electron chi connectivity index (χ3n) is 2.53. The average molecular weight is 201 g/mol. The standard InChI is InChI=1S/C12H15N3/c13-8-9-3-5-10(6-4-9)12(14)11-2-1-7-15-11/h1-7,12,15H,8,13-14H2. The molecule has 15 heavy (non-hydrogen) atoms. The second-order valence-corrected chi connectivity index (χ2v) is 3.55. The van der Waals surface area contributed by atoms with Crippen LogP contribution in [0.5, 0.6) is 0 Å². The highest BCUT2D eigenvalue weighted by Gasteiger charge is 2.08. The molecule has 0 aliphatic carbocycles. The van der Waals surface area contributed by atoms with Crippen LogP contribution in [-0.4, -0.2) is 4.98 Å². The van der Waals surface area contributed by atoms with Crippen LogP contribution in [-0.2, 0) is 6.54 Å². The van der Waals surface area contributed by atoms with Gasteiger partial charge >= 0.3 is 0 Å². The lowest BCUT2D eigenvalue weighted by Crippen LogP contribution is -2.12. The predicted molar refractivity (Wildman–Crippen MR) is 61.2 cm³/mol. The fourth-order valence-corrected chi connectivity index (χ4v) is 1.58. The Hall–Kier alpha value is -1.58. The third kappa shape index (κ3) is 2.09. The highest BCUT2D eigenvalue weighted by Crippen LogP contribution is 2.17. The van der Waals surface area contributed by atoms with Crippen LogP contribution in [0.15, 0.2) is 42.6 Å². The summed E-state index contributed by atoms with van der Waals surface area (Å²) in [6, 6.07) is 11.9. The second kappa shape index (κ2) is 4.29. The predicted octanol–water partition coefficient (Wildman–Crippen LogP) is 1.52. The number of rotatable bonds is 3. The lowest BCUT2D eigenvalue weighted by atomic mass is 10.0. The molecule has 5 N–H and O–H groups in total. The molecular weight excluding hydrogens is 186 g/mol. The first-order valence-corrected chi connectivity index (χ1v) is 4.99. The van der Waals surface area contributed by atoms with E-state index in [4.69, 9.17) is 11.5 Å². The Labute approximate surface area is 89.1 Å². The van der Waals surface area contributed by atoms with Gasteiger partial charge in [-0.1, -0.05) is 24.3 Å². The number of aromatic amines is 1. The van der Waals surface area contributed by atoms with Gasteiger partial charge in [-0.3, -0.25) is 0 Å². The van der Waals surface area contributed by atoms with E-state index in [-0.39, 0.29) is 6.04 Å². The minimum absolute atomic E-state index is 0.0909. The molecular formula is C12H15N3. The highest BCUT2D eigenvalue weighted by molar-refractivity contribution is 5.30. The van der Waals surface area contributed by atoms with E-state index >= 15 is 0 Å². The van der Waals surface area contributed by atoms with Crippen LogP contribution in [0.4, 0.5) is 0 Å². The summed E-state index contributed by atoms with van der Waals surface area (Å²) in [7, 11) is 0. The van der Waals surface area contributed by atoms with E-state index in [0.717, 1.165) is 16.8 Å². The van der Waals surface area contributed by atoms with Crippen LogP contribution in [0.3, 0.4) is 0 Å². The molecule has 3 nitrogen and oxygen atoms in total. The zero-order valence-corrected chi connectivity index (χ0v) is 8.48. The molecule has 1 atom stereocenters. The molecule has 1 aromatic carbocycles. The molecule has 0 spiro atoms. The highest BCUT2D eigenvalue weighted by atomic mass is 14.8. The molecule has 0 aliphatic heterocycles. The SMILES string of the molecule is NCc1ccc(C(N)c2ccc[nH]2)cc1. The first-order valence-electron chi connectivity index (χ1n) is 4.99. The molecule has 2 rings (SSSR count). The van der Waals surface area contributed by atoms with Crippen molar-refractivity contribution in [1.82, 2.24) is 4.98 Å². The number of aromatic nitrogens is 1. The molecule has 2 aromatic rings. The fourth-order valence-electron chi connectivity index (χ4n) is 1.58. The van der Waals surface area contributed by atoms with Gasteiger partial charge in [-0.15, -0.1) is 0 Å². The maximum absolute atomic E-state index is 6.09. The van der Waals surface area contributed by atoms with Crippen molar-refractivity contribution in [2.24, 2.45) is 11.5 Å². The summed E-state index contributed by atoms with van der Waals surface area (Å²) in [5.74, 6) is 0. The zero-order chi connectivity index (χ0) is 10.7. The molecule has 0 saturated heterocycles. The molecule has 0 fully saturated rings. The molecule has 0 aliphatic rings. The first kappa shape index (κ1) is 9.96. The molecule has 0 bridgehead atoms. The minimum Gasteiger partial charge on any atom is -0.363 e. The normalized spacial score (nSPS) is 12.7. The van der Waals surface area contributed by atoms with Crippen LogP contribution < -0.4 is 11.5 Å². The largest absolute Gasteiger partial charge is 0.363 e. The fraction of sp³-hybridized carbons (Fsp3) is 0.167. The van der Waals surface area contributed by atoms with E-state index in [1.54, 1.807) is 0 Å². The molecule has 0 amide bonds. The first-order chi connectivity index (χ1) is 7.31. The monoisotopic (exact) mass is 201 g/mol. The number of hydrogen-bond donors (Lipinski definition) is 3. The van der Waals surface area contributed by atoms with E-state index in [0.29, 0.717) is 6.54 Å². The smallest absolute Gasteiger partial charge is 0.0704 e. The Morgan fingerprint density at radius 2 is 1.87 bits per heavy atom. The van der Waals surface area contributed by atoms with Gasteiger partial charge < -0.3 is 16.5 Å². The molecule has 0 saturated carbocycles.